The Kier molecular flexibility index (Phi) is 2.67. The average Bonchev–Trinajstić information content (AvgIpc) is 2.86. The summed E-state index contributed by atoms with van der Waals surface area (Å²) in [5.74, 6) is 1.07. The Balaban J connectivity index is 1.89. The van der Waals surface area contributed by atoms with E-state index in [2.05, 4.69) is 23.5 Å². The van der Waals surface area contributed by atoms with Gasteiger partial charge in [0, 0.05) is 23.0 Å². The third kappa shape index (κ3) is 1.78. The van der Waals surface area contributed by atoms with Crippen molar-refractivity contribution in [1.82, 2.24) is 5.32 Å². The van der Waals surface area contributed by atoms with Crippen molar-refractivity contribution in [3.63, 3.8) is 0 Å². The minimum absolute atomic E-state index is 0.120. The smallest absolute Gasteiger partial charge is 0.130 e. The van der Waals surface area contributed by atoms with Crippen molar-refractivity contribution in [2.45, 2.75) is 25.3 Å². The van der Waals surface area contributed by atoms with Gasteiger partial charge in [-0.25, -0.2) is 0 Å². The van der Waals surface area contributed by atoms with Crippen molar-refractivity contribution in [3.8, 4) is 0 Å². The fourth-order valence-corrected chi connectivity index (χ4v) is 3.27. The summed E-state index contributed by atoms with van der Waals surface area (Å²) in [7, 11) is 0. The van der Waals surface area contributed by atoms with E-state index in [1.54, 1.807) is 0 Å². The third-order valence-electron chi connectivity index (χ3n) is 4.18. The van der Waals surface area contributed by atoms with Crippen LogP contribution in [0.15, 0.2) is 28.7 Å². The zero-order chi connectivity index (χ0) is 13.5. The number of nitrogens with two attached hydrogens (primary N) is 1. The zero-order valence-corrected chi connectivity index (χ0v) is 11.4. The molecule has 0 spiro atoms. The van der Waals surface area contributed by atoms with Gasteiger partial charge in [-0.3, -0.25) is 0 Å². The van der Waals surface area contributed by atoms with Crippen LogP contribution < -0.4 is 21.7 Å². The quantitative estimate of drug-likeness (QED) is 0.768. The molecule has 1 atom stereocenters. The van der Waals surface area contributed by atoms with Crippen LogP contribution in [0.1, 0.15) is 35.8 Å². The van der Waals surface area contributed by atoms with Gasteiger partial charge in [0.1, 0.15) is 11.2 Å². The second kappa shape index (κ2) is 4.53. The Morgan fingerprint density at radius 2 is 2.10 bits per heavy atom. The van der Waals surface area contributed by atoms with E-state index in [0.717, 1.165) is 42.7 Å². The summed E-state index contributed by atoms with van der Waals surface area (Å²) < 4.78 is 6.15. The van der Waals surface area contributed by atoms with E-state index in [-0.39, 0.29) is 6.04 Å². The summed E-state index contributed by atoms with van der Waals surface area (Å²) in [5, 5.41) is 4.87. The highest BCUT2D eigenvalue weighted by atomic mass is 16.3. The van der Waals surface area contributed by atoms with Crippen molar-refractivity contribution in [2.75, 3.05) is 12.3 Å². The van der Waals surface area contributed by atoms with Crippen molar-refractivity contribution in [1.29, 1.82) is 0 Å². The lowest BCUT2D eigenvalue weighted by molar-refractivity contribution is 0.409. The minimum Gasteiger partial charge on any atom is -0.459 e. The molecule has 1 unspecified atom stereocenters. The summed E-state index contributed by atoms with van der Waals surface area (Å²) in [6, 6.07) is 8.18. The van der Waals surface area contributed by atoms with Gasteiger partial charge in [0.15, 0.2) is 0 Å². The number of hydrogen-bond donors (Lipinski definition) is 2. The van der Waals surface area contributed by atoms with Gasteiger partial charge in [-0.15, -0.1) is 0 Å². The molecule has 4 rings (SSSR count). The molecule has 0 bridgehead atoms. The van der Waals surface area contributed by atoms with E-state index in [1.165, 1.54) is 16.3 Å². The highest BCUT2D eigenvalue weighted by Gasteiger charge is 2.26. The predicted octanol–water partition coefficient (Wildman–Crippen LogP) is 1.45. The molecule has 1 aliphatic carbocycles. The Hall–Kier alpha value is -2.00. The third-order valence-corrected chi connectivity index (χ3v) is 4.18. The molecular formula is C17H18N2O. The molecule has 0 radical (unpaired) electrons. The fraction of sp³-hybridized carbons (Fsp3) is 0.294. The predicted molar refractivity (Wildman–Crippen MR) is 80.5 cm³/mol. The van der Waals surface area contributed by atoms with Gasteiger partial charge in [0.25, 0.3) is 0 Å². The van der Waals surface area contributed by atoms with Crippen LogP contribution in [-0.2, 0) is 6.42 Å². The normalized spacial score (nSPS) is 20.5. The minimum atomic E-state index is 0.120. The number of fused-ring (bicyclic) bond motifs is 3. The van der Waals surface area contributed by atoms with Crippen LogP contribution >= 0.6 is 0 Å². The molecule has 102 valence electrons. The number of anilines is 1. The topological polar surface area (TPSA) is 51.2 Å². The maximum absolute atomic E-state index is 6.15. The van der Waals surface area contributed by atoms with Crippen LogP contribution in [0.5, 0.6) is 0 Å². The molecule has 2 heterocycles. The first-order valence-corrected chi connectivity index (χ1v) is 7.24. The lowest BCUT2D eigenvalue weighted by atomic mass is 9.94. The molecule has 3 heteroatoms. The van der Waals surface area contributed by atoms with Crippen LogP contribution in [0.4, 0.5) is 5.69 Å². The molecule has 20 heavy (non-hydrogen) atoms. The largest absolute Gasteiger partial charge is 0.459 e. The monoisotopic (exact) mass is 266 g/mol. The second-order valence-corrected chi connectivity index (χ2v) is 5.52. The van der Waals surface area contributed by atoms with Gasteiger partial charge in [-0.1, -0.05) is 18.2 Å². The highest BCUT2D eigenvalue weighted by molar-refractivity contribution is 5.47. The zero-order valence-electron chi connectivity index (χ0n) is 11.4. The lowest BCUT2D eigenvalue weighted by Gasteiger charge is -2.23. The number of hydrogen-bond acceptors (Lipinski definition) is 3. The molecule has 0 amide bonds. The van der Waals surface area contributed by atoms with Crippen molar-refractivity contribution in [3.05, 3.63) is 51.8 Å². The summed E-state index contributed by atoms with van der Waals surface area (Å²) in [6.45, 7) is 0.978. The second-order valence-electron chi connectivity index (χ2n) is 5.52. The molecule has 0 fully saturated rings. The van der Waals surface area contributed by atoms with Gasteiger partial charge in [0.05, 0.1) is 6.04 Å². The molecule has 0 saturated heterocycles. The highest BCUT2D eigenvalue weighted by Crippen LogP contribution is 2.27. The lowest BCUT2D eigenvalue weighted by Crippen LogP contribution is -2.33. The molecule has 2 aliphatic rings. The summed E-state index contributed by atoms with van der Waals surface area (Å²) in [6.07, 6.45) is 7.77. The number of rotatable bonds is 1. The number of furan rings is 1. The van der Waals surface area contributed by atoms with Crippen LogP contribution in [-0.4, -0.2) is 6.54 Å². The van der Waals surface area contributed by atoms with Gasteiger partial charge in [0.2, 0.25) is 0 Å². The molecule has 0 saturated carbocycles. The number of benzene rings is 1. The number of nitrogens with one attached hydrogen (secondary N) is 1. The van der Waals surface area contributed by atoms with E-state index in [4.69, 9.17) is 10.2 Å². The maximum atomic E-state index is 6.15. The standard InChI is InChI=1S/C17H18N2O/c18-12-5-3-4-11(10-12)16-17-14(8-9-19-16)13-6-1-2-7-15(13)20-17/h3-7,10,16,19H,1-2,8-9,18H2. The fourth-order valence-electron chi connectivity index (χ4n) is 3.27. The maximum Gasteiger partial charge on any atom is 0.130 e. The van der Waals surface area contributed by atoms with E-state index in [9.17, 15) is 0 Å². The van der Waals surface area contributed by atoms with Crippen LogP contribution in [0.2, 0.25) is 0 Å². The van der Waals surface area contributed by atoms with Crippen molar-refractivity contribution < 1.29 is 4.42 Å². The summed E-state index contributed by atoms with van der Waals surface area (Å²) in [5.41, 5.74) is 10.3. The van der Waals surface area contributed by atoms with Crippen LogP contribution in [0, 0.1) is 0 Å². The summed E-state index contributed by atoms with van der Waals surface area (Å²) >= 11 is 0. The molecule has 1 aliphatic heterocycles. The molecule has 1 aromatic carbocycles. The van der Waals surface area contributed by atoms with E-state index in [0.29, 0.717) is 0 Å². The van der Waals surface area contributed by atoms with Gasteiger partial charge in [-0.05, 0) is 43.0 Å². The first kappa shape index (κ1) is 11.8. The van der Waals surface area contributed by atoms with Crippen molar-refractivity contribution >= 4 is 17.8 Å². The Morgan fingerprint density at radius 3 is 3.00 bits per heavy atom. The molecule has 1 aromatic heterocycles. The van der Waals surface area contributed by atoms with Crippen LogP contribution in [0.3, 0.4) is 0 Å². The van der Waals surface area contributed by atoms with E-state index >= 15 is 0 Å². The van der Waals surface area contributed by atoms with E-state index < -0.39 is 0 Å². The molecule has 3 nitrogen and oxygen atoms in total. The van der Waals surface area contributed by atoms with Gasteiger partial charge >= 0.3 is 0 Å². The Labute approximate surface area is 117 Å². The first-order chi connectivity index (χ1) is 9.83. The Morgan fingerprint density at radius 1 is 1.20 bits per heavy atom. The van der Waals surface area contributed by atoms with Crippen LogP contribution in [0.25, 0.3) is 12.2 Å². The molecule has 3 N–H and O–H groups in total. The number of nitrogen functional groups attached to an aromatic ring is 1. The average molecular weight is 266 g/mol. The van der Waals surface area contributed by atoms with Gasteiger partial charge in [-0.2, -0.15) is 0 Å². The molecular weight excluding hydrogens is 248 g/mol. The first-order valence-electron chi connectivity index (χ1n) is 7.24. The van der Waals surface area contributed by atoms with E-state index in [1.807, 2.05) is 18.2 Å². The summed E-state index contributed by atoms with van der Waals surface area (Å²) in [4.78, 5) is 0. The Bertz CT molecular complexity index is 773. The van der Waals surface area contributed by atoms with Gasteiger partial charge < -0.3 is 15.5 Å². The molecule has 2 aromatic rings. The van der Waals surface area contributed by atoms with Crippen molar-refractivity contribution in [2.24, 2.45) is 0 Å². The SMILES string of the molecule is Nc1cccc(C2NCCc3c2oc2c3=CCCC=2)c1.